The Kier molecular flexibility index (Phi) is 4.19. The van der Waals surface area contributed by atoms with E-state index in [-0.39, 0.29) is 29.2 Å². The van der Waals surface area contributed by atoms with E-state index in [0.717, 1.165) is 24.9 Å². The summed E-state index contributed by atoms with van der Waals surface area (Å²) >= 11 is 6.08. The zero-order valence-corrected chi connectivity index (χ0v) is 15.7. The predicted octanol–water partition coefficient (Wildman–Crippen LogP) is 5.21. The lowest BCUT2D eigenvalue weighted by atomic mass is 9.81. The molecule has 5 heteroatoms. The fourth-order valence-corrected chi connectivity index (χ4v) is 4.11. The van der Waals surface area contributed by atoms with Crippen LogP contribution in [0.25, 0.3) is 0 Å². The van der Waals surface area contributed by atoms with Crippen molar-refractivity contribution in [2.75, 3.05) is 5.32 Å². The maximum absolute atomic E-state index is 14.3. The second-order valence-corrected chi connectivity index (χ2v) is 8.17. The average molecular weight is 373 g/mol. The zero-order chi connectivity index (χ0) is 18.5. The molecule has 0 saturated heterocycles. The second kappa shape index (κ2) is 6.27. The van der Waals surface area contributed by atoms with Crippen LogP contribution >= 0.6 is 11.6 Å². The standard InChI is InChI=1S/C21H22ClFN2O/c1-12(2)24-20(26)13-3-6-18-16(9-13)21(7-8-21)11-19(25-18)15-10-14(22)4-5-17(15)23/h3-6,9-10,12,19,25H,7-8,11H2,1-2H3,(H,24,26). The maximum atomic E-state index is 14.3. The fraction of sp³-hybridized carbons (Fsp3) is 0.381. The molecule has 2 aromatic carbocycles. The van der Waals surface area contributed by atoms with E-state index in [9.17, 15) is 9.18 Å². The molecule has 1 atom stereocenters. The van der Waals surface area contributed by atoms with Crippen molar-refractivity contribution in [2.24, 2.45) is 0 Å². The van der Waals surface area contributed by atoms with E-state index in [1.165, 1.54) is 11.6 Å². The molecule has 136 valence electrons. The Balaban J connectivity index is 1.68. The number of amides is 1. The third kappa shape index (κ3) is 3.07. The van der Waals surface area contributed by atoms with Crippen LogP contribution in [0.3, 0.4) is 0 Å². The summed E-state index contributed by atoms with van der Waals surface area (Å²) < 4.78 is 14.3. The molecule has 1 spiro atoms. The SMILES string of the molecule is CC(C)NC(=O)c1ccc2c(c1)C1(CC1)CC(c1cc(Cl)ccc1F)N2. The van der Waals surface area contributed by atoms with Gasteiger partial charge in [0.05, 0.1) is 6.04 Å². The highest BCUT2D eigenvalue weighted by molar-refractivity contribution is 6.30. The Bertz CT molecular complexity index is 876. The molecule has 26 heavy (non-hydrogen) atoms. The molecular formula is C21H22ClFN2O. The molecule has 1 aliphatic heterocycles. The number of benzene rings is 2. The van der Waals surface area contributed by atoms with Crippen LogP contribution in [0.5, 0.6) is 0 Å². The van der Waals surface area contributed by atoms with Crippen LogP contribution in [0.15, 0.2) is 36.4 Å². The van der Waals surface area contributed by atoms with Crippen LogP contribution in [-0.2, 0) is 5.41 Å². The topological polar surface area (TPSA) is 41.1 Å². The van der Waals surface area contributed by atoms with Crippen molar-refractivity contribution in [3.05, 3.63) is 63.9 Å². The van der Waals surface area contributed by atoms with Crippen molar-refractivity contribution in [3.63, 3.8) is 0 Å². The quantitative estimate of drug-likeness (QED) is 0.776. The molecule has 0 bridgehead atoms. The number of carbonyl (C=O) groups excluding carboxylic acids is 1. The van der Waals surface area contributed by atoms with Crippen molar-refractivity contribution in [1.82, 2.24) is 5.32 Å². The van der Waals surface area contributed by atoms with E-state index in [2.05, 4.69) is 10.6 Å². The maximum Gasteiger partial charge on any atom is 0.251 e. The van der Waals surface area contributed by atoms with Gasteiger partial charge in [-0.15, -0.1) is 0 Å². The fourth-order valence-electron chi connectivity index (χ4n) is 3.93. The second-order valence-electron chi connectivity index (χ2n) is 7.74. The third-order valence-corrected chi connectivity index (χ3v) is 5.62. The largest absolute Gasteiger partial charge is 0.378 e. The number of hydrogen-bond acceptors (Lipinski definition) is 2. The Morgan fingerprint density at radius 1 is 1.27 bits per heavy atom. The number of hydrogen-bond donors (Lipinski definition) is 2. The Morgan fingerprint density at radius 2 is 2.04 bits per heavy atom. The number of carbonyl (C=O) groups is 1. The van der Waals surface area contributed by atoms with Gasteiger partial charge in [-0.05, 0) is 80.5 Å². The molecule has 1 unspecified atom stereocenters. The smallest absolute Gasteiger partial charge is 0.251 e. The summed E-state index contributed by atoms with van der Waals surface area (Å²) in [5.74, 6) is -0.291. The Morgan fingerprint density at radius 3 is 2.73 bits per heavy atom. The summed E-state index contributed by atoms with van der Waals surface area (Å²) in [6.07, 6.45) is 2.94. The first kappa shape index (κ1) is 17.3. The molecule has 4 rings (SSSR count). The van der Waals surface area contributed by atoms with E-state index in [4.69, 9.17) is 11.6 Å². The van der Waals surface area contributed by atoms with Gasteiger partial charge in [0.25, 0.3) is 5.91 Å². The molecule has 1 aliphatic carbocycles. The van der Waals surface area contributed by atoms with Crippen molar-refractivity contribution in [3.8, 4) is 0 Å². The normalized spacial score (nSPS) is 19.8. The van der Waals surface area contributed by atoms with E-state index < -0.39 is 0 Å². The predicted molar refractivity (Wildman–Crippen MR) is 102 cm³/mol. The van der Waals surface area contributed by atoms with Gasteiger partial charge in [-0.3, -0.25) is 4.79 Å². The van der Waals surface area contributed by atoms with Crippen LogP contribution in [0.2, 0.25) is 5.02 Å². The molecule has 3 nitrogen and oxygen atoms in total. The minimum atomic E-state index is -0.237. The summed E-state index contributed by atoms with van der Waals surface area (Å²) in [4.78, 5) is 12.3. The molecule has 0 aromatic heterocycles. The lowest BCUT2D eigenvalue weighted by Crippen LogP contribution is -2.31. The Labute approximate surface area is 157 Å². The summed E-state index contributed by atoms with van der Waals surface area (Å²) in [6.45, 7) is 3.90. The first-order valence-electron chi connectivity index (χ1n) is 9.05. The summed E-state index contributed by atoms with van der Waals surface area (Å²) in [5, 5.41) is 6.93. The third-order valence-electron chi connectivity index (χ3n) is 5.38. The van der Waals surface area contributed by atoms with Gasteiger partial charge in [-0.1, -0.05) is 11.6 Å². The van der Waals surface area contributed by atoms with Gasteiger partial charge >= 0.3 is 0 Å². The summed E-state index contributed by atoms with van der Waals surface area (Å²) in [6, 6.07) is 10.5. The monoisotopic (exact) mass is 372 g/mol. The highest BCUT2D eigenvalue weighted by Crippen LogP contribution is 2.59. The summed E-state index contributed by atoms with van der Waals surface area (Å²) in [5.41, 5.74) is 3.48. The average Bonchev–Trinajstić information content (AvgIpc) is 3.36. The molecule has 1 amide bonds. The molecule has 1 saturated carbocycles. The lowest BCUT2D eigenvalue weighted by molar-refractivity contribution is 0.0943. The van der Waals surface area contributed by atoms with Crippen LogP contribution in [0.4, 0.5) is 10.1 Å². The van der Waals surface area contributed by atoms with Crippen molar-refractivity contribution >= 4 is 23.2 Å². The lowest BCUT2D eigenvalue weighted by Gasteiger charge is -2.34. The number of anilines is 1. The minimum Gasteiger partial charge on any atom is -0.378 e. The highest BCUT2D eigenvalue weighted by Gasteiger charge is 2.50. The molecule has 0 radical (unpaired) electrons. The molecule has 2 aliphatic rings. The number of halogens is 2. The first-order valence-corrected chi connectivity index (χ1v) is 9.43. The van der Waals surface area contributed by atoms with Gasteiger partial charge in [0.1, 0.15) is 5.82 Å². The molecule has 1 heterocycles. The Hall–Kier alpha value is -2.07. The zero-order valence-electron chi connectivity index (χ0n) is 14.9. The van der Waals surface area contributed by atoms with Crippen LogP contribution in [0, 0.1) is 5.82 Å². The van der Waals surface area contributed by atoms with Gasteiger partial charge in [-0.25, -0.2) is 4.39 Å². The molecule has 1 fully saturated rings. The van der Waals surface area contributed by atoms with E-state index in [1.54, 1.807) is 12.1 Å². The number of rotatable bonds is 3. The summed E-state index contributed by atoms with van der Waals surface area (Å²) in [7, 11) is 0. The molecule has 2 aromatic rings. The van der Waals surface area contributed by atoms with Crippen LogP contribution in [-0.4, -0.2) is 11.9 Å². The van der Waals surface area contributed by atoms with E-state index in [0.29, 0.717) is 16.1 Å². The van der Waals surface area contributed by atoms with Crippen LogP contribution in [0.1, 0.15) is 60.6 Å². The van der Waals surface area contributed by atoms with Gasteiger partial charge in [0, 0.05) is 27.9 Å². The van der Waals surface area contributed by atoms with Crippen molar-refractivity contribution < 1.29 is 9.18 Å². The molecular weight excluding hydrogens is 351 g/mol. The number of nitrogens with one attached hydrogen (secondary N) is 2. The van der Waals surface area contributed by atoms with Gasteiger partial charge in [0.2, 0.25) is 0 Å². The number of fused-ring (bicyclic) bond motifs is 2. The van der Waals surface area contributed by atoms with E-state index in [1.807, 2.05) is 32.0 Å². The van der Waals surface area contributed by atoms with E-state index >= 15 is 0 Å². The van der Waals surface area contributed by atoms with Gasteiger partial charge < -0.3 is 10.6 Å². The van der Waals surface area contributed by atoms with Crippen molar-refractivity contribution in [1.29, 1.82) is 0 Å². The van der Waals surface area contributed by atoms with Crippen LogP contribution < -0.4 is 10.6 Å². The minimum absolute atomic E-state index is 0.0358. The van der Waals surface area contributed by atoms with Gasteiger partial charge in [0.15, 0.2) is 0 Å². The first-order chi connectivity index (χ1) is 12.4. The highest BCUT2D eigenvalue weighted by atomic mass is 35.5. The van der Waals surface area contributed by atoms with Gasteiger partial charge in [-0.2, -0.15) is 0 Å². The molecule has 2 N–H and O–H groups in total. The van der Waals surface area contributed by atoms with Crippen molar-refractivity contribution in [2.45, 2.75) is 50.6 Å².